The molecular formula is C44H53F2N5O7. The molecule has 7 heterocycles. The Labute approximate surface area is 336 Å². The molecule has 11 rings (SSSR count). The lowest BCUT2D eigenvalue weighted by Crippen LogP contribution is -2.61. The number of likely N-dealkylation sites (tertiary alicyclic amines) is 1. The Balaban J connectivity index is 1.03. The summed E-state index contributed by atoms with van der Waals surface area (Å²) in [4.78, 5) is 18.8. The predicted octanol–water partition coefficient (Wildman–Crippen LogP) is 6.56. The molecule has 5 aliphatic heterocycles. The minimum Gasteiger partial charge on any atom is -0.508 e. The number of aromatic nitrogens is 3. The van der Waals surface area contributed by atoms with E-state index in [-0.39, 0.29) is 86.2 Å². The molecule has 14 heteroatoms. The van der Waals surface area contributed by atoms with Crippen molar-refractivity contribution in [1.29, 1.82) is 0 Å². The molecule has 2 saturated carbocycles. The number of methoxy groups -OCH3 is 1. The van der Waals surface area contributed by atoms with Crippen molar-refractivity contribution in [2.75, 3.05) is 71.2 Å². The van der Waals surface area contributed by atoms with Gasteiger partial charge >= 0.3 is 6.01 Å². The second kappa shape index (κ2) is 13.8. The van der Waals surface area contributed by atoms with Gasteiger partial charge in [-0.15, -0.1) is 0 Å². The van der Waals surface area contributed by atoms with Crippen LogP contribution in [0.4, 0.5) is 14.6 Å². The van der Waals surface area contributed by atoms with Crippen molar-refractivity contribution >= 4 is 27.5 Å². The number of phenols is 1. The molecule has 2 bridgehead atoms. The number of nitrogens with zero attached hydrogens (tertiary/aromatic N) is 5. The number of hydrogen-bond donors (Lipinski definition) is 2. The minimum atomic E-state index is -1.24. The average molecular weight is 802 g/mol. The SMILES string of the molecule is COc1nc(-c2cc(O)cc3cccc(F)c23)c(F)c2nc(OCC34CCCC3N(CC35CC(C)(C3)OC53CCOCC3)CCC4)nc(N3CCOCC(C)(O)C3)c12. The maximum Gasteiger partial charge on any atom is 0.319 e. The normalized spacial score (nSPS) is 32.0. The van der Waals surface area contributed by atoms with E-state index in [1.807, 2.05) is 4.90 Å². The molecule has 310 valence electrons. The van der Waals surface area contributed by atoms with E-state index in [4.69, 9.17) is 33.7 Å². The summed E-state index contributed by atoms with van der Waals surface area (Å²) in [5.74, 6) is -1.31. The fourth-order valence-electron chi connectivity index (χ4n) is 12.2. The van der Waals surface area contributed by atoms with E-state index in [0.29, 0.717) is 31.2 Å². The molecule has 5 saturated heterocycles. The second-order valence-corrected chi connectivity index (χ2v) is 18.6. The highest BCUT2D eigenvalue weighted by Gasteiger charge is 2.73. The summed E-state index contributed by atoms with van der Waals surface area (Å²) in [7, 11) is 1.42. The standard InChI is InChI=1S/C44H53F2N5O7/c1-40(53)23-51(15-18-56-25-40)37-33-36(34(46)35(47-38(33)54-3)29-20-28(52)19-27-7-4-8-30(45)32(27)29)48-39(49-37)57-26-42-10-5-9-31(42)50(14-6-11-42)24-43-21-41(2,22-43)58-44(43)12-16-55-17-13-44/h4,7-8,19-20,31,52-53H,5-6,9-18,21-26H2,1-3H3. The van der Waals surface area contributed by atoms with Gasteiger partial charge in [-0.25, -0.2) is 13.8 Å². The van der Waals surface area contributed by atoms with E-state index in [1.165, 1.54) is 31.4 Å². The number of rotatable bonds is 8. The number of piperidine rings is 1. The first-order valence-electron chi connectivity index (χ1n) is 20.9. The Bertz CT molecular complexity index is 2260. The van der Waals surface area contributed by atoms with Crippen LogP contribution in [-0.4, -0.2) is 119 Å². The number of aromatic hydroxyl groups is 1. The fraction of sp³-hybridized carbons (Fsp3) is 0.614. The summed E-state index contributed by atoms with van der Waals surface area (Å²) in [5, 5.41) is 22.6. The van der Waals surface area contributed by atoms with Gasteiger partial charge in [0.25, 0.3) is 0 Å². The number of phenolic OH excluding ortho intramolecular Hbond substituents is 1. The largest absolute Gasteiger partial charge is 0.508 e. The monoisotopic (exact) mass is 801 g/mol. The number of aliphatic hydroxyl groups is 1. The van der Waals surface area contributed by atoms with Crippen molar-refractivity contribution in [3.8, 4) is 28.9 Å². The van der Waals surface area contributed by atoms with Crippen LogP contribution < -0.4 is 14.4 Å². The van der Waals surface area contributed by atoms with Crippen molar-refractivity contribution in [3.63, 3.8) is 0 Å². The summed E-state index contributed by atoms with van der Waals surface area (Å²) in [6, 6.07) is 7.49. The Morgan fingerprint density at radius 3 is 2.57 bits per heavy atom. The van der Waals surface area contributed by atoms with Crippen LogP contribution in [0.5, 0.6) is 17.6 Å². The zero-order valence-corrected chi connectivity index (χ0v) is 33.6. The van der Waals surface area contributed by atoms with E-state index in [2.05, 4.69) is 16.8 Å². The summed E-state index contributed by atoms with van der Waals surface area (Å²) >= 11 is 0. The number of benzene rings is 2. The molecule has 3 unspecified atom stereocenters. The van der Waals surface area contributed by atoms with Gasteiger partial charge < -0.3 is 38.8 Å². The summed E-state index contributed by atoms with van der Waals surface area (Å²) in [6.07, 6.45) is 9.31. The molecule has 3 atom stereocenters. The van der Waals surface area contributed by atoms with Gasteiger partial charge in [-0.05, 0) is 82.5 Å². The van der Waals surface area contributed by atoms with Crippen molar-refractivity contribution in [1.82, 2.24) is 19.9 Å². The van der Waals surface area contributed by atoms with Crippen LogP contribution in [0.15, 0.2) is 30.3 Å². The lowest BCUT2D eigenvalue weighted by molar-refractivity contribution is -0.123. The number of halogens is 2. The van der Waals surface area contributed by atoms with Gasteiger partial charge in [0, 0.05) is 67.0 Å². The Kier molecular flexibility index (Phi) is 9.10. The fourth-order valence-corrected chi connectivity index (χ4v) is 12.2. The molecule has 2 N–H and O–H groups in total. The number of hydrogen-bond acceptors (Lipinski definition) is 12. The predicted molar refractivity (Wildman–Crippen MR) is 212 cm³/mol. The summed E-state index contributed by atoms with van der Waals surface area (Å²) < 4.78 is 63.7. The van der Waals surface area contributed by atoms with Crippen LogP contribution in [0.2, 0.25) is 0 Å². The van der Waals surface area contributed by atoms with Gasteiger partial charge in [0.15, 0.2) is 5.82 Å². The highest BCUT2D eigenvalue weighted by atomic mass is 19.1. The van der Waals surface area contributed by atoms with Crippen LogP contribution in [0, 0.1) is 22.5 Å². The van der Waals surface area contributed by atoms with Crippen molar-refractivity contribution in [3.05, 3.63) is 42.0 Å². The van der Waals surface area contributed by atoms with E-state index in [9.17, 15) is 10.2 Å². The molecule has 0 radical (unpaired) electrons. The van der Waals surface area contributed by atoms with Crippen LogP contribution in [-0.2, 0) is 14.2 Å². The molecule has 12 nitrogen and oxygen atoms in total. The third kappa shape index (κ3) is 6.11. The molecule has 2 aromatic carbocycles. The van der Waals surface area contributed by atoms with Crippen LogP contribution in [0.25, 0.3) is 32.9 Å². The Morgan fingerprint density at radius 1 is 0.948 bits per heavy atom. The van der Waals surface area contributed by atoms with E-state index >= 15 is 8.78 Å². The first-order valence-corrected chi connectivity index (χ1v) is 20.9. The molecule has 4 aromatic rings. The molecule has 1 spiro atoms. The Hall–Kier alpha value is -3.95. The van der Waals surface area contributed by atoms with Crippen molar-refractivity contribution in [2.45, 2.75) is 94.5 Å². The lowest BCUT2D eigenvalue weighted by atomic mass is 9.54. The van der Waals surface area contributed by atoms with E-state index in [0.717, 1.165) is 84.1 Å². The average Bonchev–Trinajstić information content (AvgIpc) is 3.73. The zero-order chi connectivity index (χ0) is 40.1. The quantitative estimate of drug-likeness (QED) is 0.200. The van der Waals surface area contributed by atoms with E-state index < -0.39 is 17.2 Å². The van der Waals surface area contributed by atoms with Gasteiger partial charge in [-0.3, -0.25) is 4.90 Å². The van der Waals surface area contributed by atoms with Crippen molar-refractivity contribution < 1.29 is 42.7 Å². The number of anilines is 1. The zero-order valence-electron chi connectivity index (χ0n) is 33.6. The minimum absolute atomic E-state index is 0.00629. The maximum absolute atomic E-state index is 17.3. The first kappa shape index (κ1) is 38.3. The molecule has 2 aliphatic carbocycles. The summed E-state index contributed by atoms with van der Waals surface area (Å²) in [5.41, 5.74) is -1.73. The summed E-state index contributed by atoms with van der Waals surface area (Å²) in [6.45, 7) is 8.75. The molecule has 7 aliphatic rings. The van der Waals surface area contributed by atoms with Gasteiger partial charge in [0.2, 0.25) is 5.88 Å². The van der Waals surface area contributed by atoms with Gasteiger partial charge in [-0.2, -0.15) is 9.97 Å². The number of β-amino-alcohol motifs (C(OH)–C–C–N with tert-alkyl or cyclic N) is 1. The molecular weight excluding hydrogens is 749 g/mol. The van der Waals surface area contributed by atoms with Crippen molar-refractivity contribution in [2.24, 2.45) is 10.8 Å². The molecule has 0 amide bonds. The Morgan fingerprint density at radius 2 is 1.76 bits per heavy atom. The van der Waals surface area contributed by atoms with Crippen LogP contribution in [0.3, 0.4) is 0 Å². The van der Waals surface area contributed by atoms with Gasteiger partial charge in [0.05, 0.1) is 44.7 Å². The lowest BCUT2D eigenvalue weighted by Gasteiger charge is -2.54. The van der Waals surface area contributed by atoms with Gasteiger partial charge in [-0.1, -0.05) is 18.6 Å². The van der Waals surface area contributed by atoms with Crippen LogP contribution in [0.1, 0.15) is 71.6 Å². The molecule has 7 fully saturated rings. The highest BCUT2D eigenvalue weighted by molar-refractivity contribution is 6.02. The van der Waals surface area contributed by atoms with Gasteiger partial charge in [0.1, 0.15) is 39.6 Å². The third-order valence-electron chi connectivity index (χ3n) is 14.4. The maximum atomic E-state index is 17.3. The topological polar surface area (TPSA) is 132 Å². The smallest absolute Gasteiger partial charge is 0.319 e. The number of ether oxygens (including phenoxy) is 5. The molecule has 58 heavy (non-hydrogen) atoms. The highest BCUT2D eigenvalue weighted by Crippen LogP contribution is 2.69. The molecule has 2 aromatic heterocycles. The first-order chi connectivity index (χ1) is 27.9. The number of pyridine rings is 1. The second-order valence-electron chi connectivity index (χ2n) is 18.6. The number of fused-ring (bicyclic) bond motifs is 3. The van der Waals surface area contributed by atoms with Crippen LogP contribution >= 0.6 is 0 Å². The third-order valence-corrected chi connectivity index (χ3v) is 14.4. The van der Waals surface area contributed by atoms with E-state index in [1.54, 1.807) is 13.0 Å².